The lowest BCUT2D eigenvalue weighted by molar-refractivity contribution is 0.916. The predicted octanol–water partition coefficient (Wildman–Crippen LogP) is 3.86. The minimum absolute atomic E-state index is 0.907. The quantitative estimate of drug-likeness (QED) is 0.519. The zero-order chi connectivity index (χ0) is 13.5. The first-order valence-corrected chi connectivity index (χ1v) is 6.63. The highest BCUT2D eigenvalue weighted by Crippen LogP contribution is 2.24. The maximum absolute atomic E-state index is 4.75. The van der Waals surface area contributed by atoms with Gasteiger partial charge in [0.15, 0.2) is 5.65 Å². The fourth-order valence-electron chi connectivity index (χ4n) is 2.59. The van der Waals surface area contributed by atoms with Crippen LogP contribution < -0.4 is 0 Å². The molecule has 3 nitrogen and oxygen atoms in total. The van der Waals surface area contributed by atoms with E-state index in [0.717, 1.165) is 33.4 Å². The summed E-state index contributed by atoms with van der Waals surface area (Å²) in [7, 11) is 0. The largest absolute Gasteiger partial charge is 0.226 e. The summed E-state index contributed by atoms with van der Waals surface area (Å²) in [4.78, 5) is 4.75. The normalized spacial score (nSPS) is 11.2. The molecule has 0 radical (unpaired) electrons. The van der Waals surface area contributed by atoms with Crippen LogP contribution in [0.5, 0.6) is 0 Å². The lowest BCUT2D eigenvalue weighted by Gasteiger charge is -2.02. The number of hydrogen-bond acceptors (Lipinski definition) is 2. The molecule has 0 aliphatic rings. The molecule has 0 spiro atoms. The number of hydrogen-bond donors (Lipinski definition) is 0. The second-order valence-electron chi connectivity index (χ2n) is 4.89. The van der Waals surface area contributed by atoms with Gasteiger partial charge in [-0.1, -0.05) is 54.6 Å². The number of fused-ring (bicyclic) bond motifs is 3. The average Bonchev–Trinajstić information content (AvgIpc) is 2.93. The van der Waals surface area contributed by atoms with Gasteiger partial charge in [-0.2, -0.15) is 5.10 Å². The number of rotatable bonds is 1. The van der Waals surface area contributed by atoms with Crippen molar-refractivity contribution >= 4 is 16.4 Å². The van der Waals surface area contributed by atoms with Crippen molar-refractivity contribution in [1.82, 2.24) is 14.6 Å². The van der Waals surface area contributed by atoms with Crippen molar-refractivity contribution in [2.45, 2.75) is 6.92 Å². The molecule has 0 bridgehead atoms. The lowest BCUT2D eigenvalue weighted by atomic mass is 10.1. The van der Waals surface area contributed by atoms with Crippen molar-refractivity contribution in [3.63, 3.8) is 0 Å². The summed E-state index contributed by atoms with van der Waals surface area (Å²) in [5.74, 6) is 0. The zero-order valence-corrected chi connectivity index (χ0v) is 11.1. The van der Waals surface area contributed by atoms with Gasteiger partial charge in [0, 0.05) is 16.3 Å². The molecule has 0 N–H and O–H groups in total. The van der Waals surface area contributed by atoms with Crippen LogP contribution in [-0.2, 0) is 0 Å². The zero-order valence-electron chi connectivity index (χ0n) is 11.1. The standard InChI is InChI=1S/C17H13N3/c1-12-14-9-5-6-10-15(14)17-18-16(11-20(17)19-12)13-7-3-2-4-8-13/h2-11H,1H3. The van der Waals surface area contributed by atoms with Crippen LogP contribution in [0.3, 0.4) is 0 Å². The fraction of sp³-hybridized carbons (Fsp3) is 0.0588. The molecule has 2 aromatic heterocycles. The maximum Gasteiger partial charge on any atom is 0.162 e. The Labute approximate surface area is 116 Å². The van der Waals surface area contributed by atoms with Crippen molar-refractivity contribution in [3.8, 4) is 11.3 Å². The highest BCUT2D eigenvalue weighted by atomic mass is 15.2. The van der Waals surface area contributed by atoms with Crippen LogP contribution in [0.25, 0.3) is 27.7 Å². The van der Waals surface area contributed by atoms with E-state index in [1.807, 2.05) is 48.0 Å². The molecule has 0 atom stereocenters. The molecule has 4 aromatic rings. The van der Waals surface area contributed by atoms with Crippen molar-refractivity contribution in [2.24, 2.45) is 0 Å². The molecule has 0 amide bonds. The van der Waals surface area contributed by atoms with Gasteiger partial charge in [-0.15, -0.1) is 0 Å². The van der Waals surface area contributed by atoms with E-state index in [4.69, 9.17) is 4.98 Å². The molecular weight excluding hydrogens is 246 g/mol. The predicted molar refractivity (Wildman–Crippen MR) is 80.7 cm³/mol. The Kier molecular flexibility index (Phi) is 2.33. The van der Waals surface area contributed by atoms with E-state index in [2.05, 4.69) is 29.4 Å². The highest BCUT2D eigenvalue weighted by molar-refractivity contribution is 5.95. The third-order valence-electron chi connectivity index (χ3n) is 3.57. The molecule has 0 aliphatic carbocycles. The number of benzene rings is 2. The Balaban J connectivity index is 2.07. The molecule has 20 heavy (non-hydrogen) atoms. The van der Waals surface area contributed by atoms with Crippen molar-refractivity contribution in [2.75, 3.05) is 0 Å². The van der Waals surface area contributed by atoms with E-state index in [0.29, 0.717) is 0 Å². The minimum atomic E-state index is 0.907. The molecule has 0 saturated carbocycles. The van der Waals surface area contributed by atoms with Crippen molar-refractivity contribution in [1.29, 1.82) is 0 Å². The van der Waals surface area contributed by atoms with Crippen molar-refractivity contribution in [3.05, 3.63) is 66.5 Å². The Hall–Kier alpha value is -2.68. The van der Waals surface area contributed by atoms with E-state index in [1.165, 1.54) is 0 Å². The first-order chi connectivity index (χ1) is 9.83. The van der Waals surface area contributed by atoms with Gasteiger partial charge in [0.25, 0.3) is 0 Å². The van der Waals surface area contributed by atoms with E-state index in [1.54, 1.807) is 0 Å². The van der Waals surface area contributed by atoms with E-state index in [9.17, 15) is 0 Å². The van der Waals surface area contributed by atoms with Gasteiger partial charge in [-0.05, 0) is 6.92 Å². The van der Waals surface area contributed by atoms with Gasteiger partial charge in [-0.25, -0.2) is 9.50 Å². The van der Waals surface area contributed by atoms with Gasteiger partial charge in [0.05, 0.1) is 17.6 Å². The summed E-state index contributed by atoms with van der Waals surface area (Å²) in [6, 6.07) is 18.5. The summed E-state index contributed by atoms with van der Waals surface area (Å²) < 4.78 is 1.88. The SMILES string of the molecule is Cc1nn2cc(-c3ccccc3)nc2c2ccccc12. The third-order valence-corrected chi connectivity index (χ3v) is 3.57. The summed E-state index contributed by atoms with van der Waals surface area (Å²) >= 11 is 0. The maximum atomic E-state index is 4.75. The highest BCUT2D eigenvalue weighted by Gasteiger charge is 2.09. The van der Waals surface area contributed by atoms with Crippen LogP contribution in [-0.4, -0.2) is 14.6 Å². The first kappa shape index (κ1) is 11.2. The van der Waals surface area contributed by atoms with Crippen LogP contribution in [0.1, 0.15) is 5.69 Å². The van der Waals surface area contributed by atoms with Gasteiger partial charge < -0.3 is 0 Å². The van der Waals surface area contributed by atoms with Crippen LogP contribution in [0, 0.1) is 6.92 Å². The molecule has 3 heteroatoms. The number of imidazole rings is 1. The average molecular weight is 259 g/mol. The lowest BCUT2D eigenvalue weighted by Crippen LogP contribution is -1.95. The molecule has 2 heterocycles. The van der Waals surface area contributed by atoms with Crippen LogP contribution >= 0.6 is 0 Å². The van der Waals surface area contributed by atoms with Gasteiger partial charge in [0.1, 0.15) is 0 Å². The van der Waals surface area contributed by atoms with Crippen molar-refractivity contribution < 1.29 is 0 Å². The fourth-order valence-corrected chi connectivity index (χ4v) is 2.59. The Morgan fingerprint density at radius 2 is 1.55 bits per heavy atom. The monoisotopic (exact) mass is 259 g/mol. The van der Waals surface area contributed by atoms with E-state index >= 15 is 0 Å². The minimum Gasteiger partial charge on any atom is -0.226 e. The number of aromatic nitrogens is 3. The molecule has 0 aliphatic heterocycles. The second kappa shape index (κ2) is 4.17. The first-order valence-electron chi connectivity index (χ1n) is 6.63. The van der Waals surface area contributed by atoms with Gasteiger partial charge in [-0.3, -0.25) is 0 Å². The molecule has 0 unspecified atom stereocenters. The smallest absolute Gasteiger partial charge is 0.162 e. The van der Waals surface area contributed by atoms with Crippen LogP contribution in [0.4, 0.5) is 0 Å². The van der Waals surface area contributed by atoms with Crippen LogP contribution in [0.15, 0.2) is 60.8 Å². The van der Waals surface area contributed by atoms with E-state index in [-0.39, 0.29) is 0 Å². The molecule has 4 rings (SSSR count). The molecular formula is C17H13N3. The van der Waals surface area contributed by atoms with Gasteiger partial charge in [0.2, 0.25) is 0 Å². The van der Waals surface area contributed by atoms with Crippen LogP contribution in [0.2, 0.25) is 0 Å². The molecule has 0 saturated heterocycles. The third kappa shape index (κ3) is 1.60. The number of nitrogens with zero attached hydrogens (tertiary/aromatic N) is 3. The topological polar surface area (TPSA) is 30.2 Å². The molecule has 0 fully saturated rings. The van der Waals surface area contributed by atoms with Gasteiger partial charge >= 0.3 is 0 Å². The summed E-state index contributed by atoms with van der Waals surface area (Å²) in [6.07, 6.45) is 1.99. The number of aryl methyl sites for hydroxylation is 1. The second-order valence-corrected chi connectivity index (χ2v) is 4.89. The summed E-state index contributed by atoms with van der Waals surface area (Å²) in [5, 5.41) is 6.90. The summed E-state index contributed by atoms with van der Waals surface area (Å²) in [5.41, 5.74) is 3.99. The molecule has 96 valence electrons. The Morgan fingerprint density at radius 3 is 2.35 bits per heavy atom. The summed E-state index contributed by atoms with van der Waals surface area (Å²) in [6.45, 7) is 2.03. The molecule has 2 aromatic carbocycles. The Morgan fingerprint density at radius 1 is 0.850 bits per heavy atom. The van der Waals surface area contributed by atoms with E-state index < -0.39 is 0 Å². The Bertz CT molecular complexity index is 907.